The molecule has 2 rings (SSSR count). The third-order valence-electron chi connectivity index (χ3n) is 3.24. The first-order valence-corrected chi connectivity index (χ1v) is 7.64. The average Bonchev–Trinajstić information content (AvgIpc) is 2.43. The monoisotopic (exact) mass is 334 g/mol. The van der Waals surface area contributed by atoms with Gasteiger partial charge in [-0.15, -0.1) is 0 Å². The lowest BCUT2D eigenvalue weighted by atomic mass is 10.1. The van der Waals surface area contributed by atoms with Crippen molar-refractivity contribution in [1.29, 1.82) is 0 Å². The van der Waals surface area contributed by atoms with Crippen LogP contribution in [0.25, 0.3) is 10.8 Å². The van der Waals surface area contributed by atoms with Crippen LogP contribution < -0.4 is 0 Å². The molecule has 0 bridgehead atoms. The second kappa shape index (κ2) is 5.53. The normalized spacial score (nSPS) is 15.7. The van der Waals surface area contributed by atoms with Gasteiger partial charge in [0.15, 0.2) is 0 Å². The van der Waals surface area contributed by atoms with E-state index in [9.17, 15) is 21.6 Å². The Balaban J connectivity index is 2.20. The minimum atomic E-state index is -5.64. The van der Waals surface area contributed by atoms with Crippen LogP contribution in [0.2, 0.25) is 0 Å². The summed E-state index contributed by atoms with van der Waals surface area (Å²) in [6, 6.07) is 11.9. The van der Waals surface area contributed by atoms with Crippen LogP contribution in [0.5, 0.6) is 0 Å². The summed E-state index contributed by atoms with van der Waals surface area (Å²) in [7, 11) is -5.64. The Hall–Kier alpha value is -1.64. The molecule has 4 nitrogen and oxygen atoms in total. The number of halogens is 3. The Morgan fingerprint density at radius 3 is 2.27 bits per heavy atom. The highest BCUT2D eigenvalue weighted by molar-refractivity contribution is 7.87. The Bertz CT molecular complexity index is 788. The molecule has 0 aliphatic rings. The van der Waals surface area contributed by atoms with Crippen LogP contribution in [0.15, 0.2) is 42.5 Å². The molecular formula is C14H13F3O4S. The highest BCUT2D eigenvalue weighted by atomic mass is 32.2. The maximum absolute atomic E-state index is 13.6. The molecule has 2 aromatic rings. The number of alkyl halides is 3. The summed E-state index contributed by atoms with van der Waals surface area (Å²) in [5.74, 6) is 0. The van der Waals surface area contributed by atoms with Crippen LogP contribution in [-0.2, 0) is 21.5 Å². The molecule has 0 aliphatic heterocycles. The zero-order valence-electron chi connectivity index (χ0n) is 11.5. The van der Waals surface area contributed by atoms with Gasteiger partial charge < -0.3 is 4.74 Å². The summed E-state index contributed by atoms with van der Waals surface area (Å²) in [6.45, 7) is -0.671. The lowest BCUT2D eigenvalue weighted by molar-refractivity contribution is -0.289. The molecule has 0 unspecified atom stereocenters. The summed E-state index contributed by atoms with van der Waals surface area (Å²) >= 11 is 0. The van der Waals surface area contributed by atoms with Crippen LogP contribution in [-0.4, -0.2) is 24.1 Å². The van der Waals surface area contributed by atoms with E-state index < -0.39 is 27.8 Å². The predicted molar refractivity (Wildman–Crippen MR) is 74.7 cm³/mol. The molecule has 0 fully saturated rings. The van der Waals surface area contributed by atoms with Gasteiger partial charge in [-0.05, 0) is 29.3 Å². The van der Waals surface area contributed by atoms with E-state index in [1.807, 2.05) is 12.1 Å². The van der Waals surface area contributed by atoms with Crippen molar-refractivity contribution >= 4 is 20.9 Å². The predicted octanol–water partition coefficient (Wildman–Crippen LogP) is 3.52. The number of benzene rings is 2. The molecule has 8 heteroatoms. The van der Waals surface area contributed by atoms with Gasteiger partial charge >= 0.3 is 21.2 Å². The highest BCUT2D eigenvalue weighted by Gasteiger charge is 2.62. The van der Waals surface area contributed by atoms with Gasteiger partial charge in [0.25, 0.3) is 0 Å². The van der Waals surface area contributed by atoms with Crippen molar-refractivity contribution in [3.63, 3.8) is 0 Å². The van der Waals surface area contributed by atoms with Crippen molar-refractivity contribution in [3.8, 4) is 0 Å². The standard InChI is InChI=1S/C14H13F3O4S/c1-13(15,22(18,19)20)14(16,17)21-9-10-6-7-11-4-2-3-5-12(11)8-10/h2-8H,9H2,1H3,(H,18,19,20)/t13-/m0/s1. The maximum Gasteiger partial charge on any atom is 0.406 e. The van der Waals surface area contributed by atoms with E-state index in [4.69, 9.17) is 4.55 Å². The Morgan fingerprint density at radius 2 is 1.68 bits per heavy atom. The van der Waals surface area contributed by atoms with Gasteiger partial charge in [0.1, 0.15) is 0 Å². The van der Waals surface area contributed by atoms with E-state index in [2.05, 4.69) is 4.74 Å². The summed E-state index contributed by atoms with van der Waals surface area (Å²) in [6.07, 6.45) is -4.70. The molecule has 1 N–H and O–H groups in total. The Kier molecular flexibility index (Phi) is 4.20. The molecule has 0 radical (unpaired) electrons. The summed E-state index contributed by atoms with van der Waals surface area (Å²) < 4.78 is 74.8. The van der Waals surface area contributed by atoms with E-state index in [0.717, 1.165) is 10.8 Å². The van der Waals surface area contributed by atoms with Crippen LogP contribution in [0.1, 0.15) is 12.5 Å². The molecule has 0 amide bonds. The van der Waals surface area contributed by atoms with E-state index in [-0.39, 0.29) is 6.92 Å². The van der Waals surface area contributed by atoms with Gasteiger partial charge in [0.05, 0.1) is 6.61 Å². The summed E-state index contributed by atoms with van der Waals surface area (Å²) in [4.78, 5) is 0. The van der Waals surface area contributed by atoms with Crippen molar-refractivity contribution in [2.24, 2.45) is 0 Å². The fourth-order valence-electron chi connectivity index (χ4n) is 1.78. The smallest absolute Gasteiger partial charge is 0.312 e. The van der Waals surface area contributed by atoms with Crippen LogP contribution in [0.4, 0.5) is 13.2 Å². The zero-order chi connectivity index (χ0) is 16.6. The van der Waals surface area contributed by atoms with Crippen molar-refractivity contribution in [3.05, 3.63) is 48.0 Å². The van der Waals surface area contributed by atoms with Crippen LogP contribution in [0, 0.1) is 0 Å². The van der Waals surface area contributed by atoms with Crippen molar-refractivity contribution in [2.75, 3.05) is 0 Å². The summed E-state index contributed by atoms with van der Waals surface area (Å²) in [5, 5.41) is -2.59. The molecule has 2 aromatic carbocycles. The number of hydrogen-bond acceptors (Lipinski definition) is 3. The maximum atomic E-state index is 13.6. The first-order valence-electron chi connectivity index (χ1n) is 6.20. The van der Waals surface area contributed by atoms with Gasteiger partial charge in [-0.1, -0.05) is 36.4 Å². The highest BCUT2D eigenvalue weighted by Crippen LogP contribution is 2.38. The van der Waals surface area contributed by atoms with Gasteiger partial charge in [0.2, 0.25) is 0 Å². The molecule has 120 valence electrons. The van der Waals surface area contributed by atoms with E-state index >= 15 is 0 Å². The molecule has 0 aliphatic carbocycles. The van der Waals surface area contributed by atoms with Gasteiger partial charge in [-0.2, -0.15) is 17.2 Å². The molecule has 1 atom stereocenters. The van der Waals surface area contributed by atoms with E-state index in [1.165, 1.54) is 6.07 Å². The molecule has 22 heavy (non-hydrogen) atoms. The van der Waals surface area contributed by atoms with Gasteiger partial charge in [-0.3, -0.25) is 4.55 Å². The van der Waals surface area contributed by atoms with Crippen molar-refractivity contribution in [1.82, 2.24) is 0 Å². The lowest BCUT2D eigenvalue weighted by Crippen LogP contribution is -2.49. The molecule has 0 spiro atoms. The largest absolute Gasteiger partial charge is 0.406 e. The Labute approximate surface area is 125 Å². The first kappa shape index (κ1) is 16.7. The van der Waals surface area contributed by atoms with Gasteiger partial charge in [0, 0.05) is 0 Å². The third-order valence-corrected chi connectivity index (χ3v) is 4.44. The molecule has 0 aromatic heterocycles. The molecule has 0 saturated heterocycles. The first-order chi connectivity index (χ1) is 10.0. The quantitative estimate of drug-likeness (QED) is 0.850. The molecule has 0 saturated carbocycles. The van der Waals surface area contributed by atoms with Crippen molar-refractivity contribution in [2.45, 2.75) is 24.6 Å². The zero-order valence-corrected chi connectivity index (χ0v) is 12.3. The van der Waals surface area contributed by atoms with Crippen LogP contribution >= 0.6 is 0 Å². The number of rotatable bonds is 5. The molecular weight excluding hydrogens is 321 g/mol. The lowest BCUT2D eigenvalue weighted by Gasteiger charge is -2.26. The minimum Gasteiger partial charge on any atom is -0.312 e. The Morgan fingerprint density at radius 1 is 1.09 bits per heavy atom. The number of ether oxygens (including phenoxy) is 1. The van der Waals surface area contributed by atoms with Crippen LogP contribution in [0.3, 0.4) is 0 Å². The van der Waals surface area contributed by atoms with E-state index in [1.54, 1.807) is 24.3 Å². The van der Waals surface area contributed by atoms with E-state index in [0.29, 0.717) is 5.56 Å². The SMILES string of the molecule is C[C@@](F)(C(F)(F)OCc1ccc2ccccc2c1)S(=O)(=O)O. The summed E-state index contributed by atoms with van der Waals surface area (Å²) in [5.41, 5.74) is 0.310. The second-order valence-corrected chi connectivity index (χ2v) is 6.60. The third kappa shape index (κ3) is 3.08. The van der Waals surface area contributed by atoms with Crippen molar-refractivity contribution < 1.29 is 30.9 Å². The molecule has 0 heterocycles. The second-order valence-electron chi connectivity index (χ2n) is 4.88. The fraction of sp³-hybridized carbons (Fsp3) is 0.286. The fourth-order valence-corrected chi connectivity index (χ4v) is 2.14. The van der Waals surface area contributed by atoms with Gasteiger partial charge in [-0.25, -0.2) is 4.39 Å². The number of hydrogen-bond donors (Lipinski definition) is 1. The topological polar surface area (TPSA) is 63.6 Å². The number of fused-ring (bicyclic) bond motifs is 1. The average molecular weight is 334 g/mol. The minimum absolute atomic E-state index is 0.0444.